The number of unbranched alkanes of at least 4 members (excludes halogenated alkanes) is 3. The van der Waals surface area contributed by atoms with E-state index in [1.165, 1.54) is 11.8 Å². The van der Waals surface area contributed by atoms with Gasteiger partial charge in [0, 0.05) is 23.1 Å². The van der Waals surface area contributed by atoms with Gasteiger partial charge in [0.2, 0.25) is 0 Å². The second-order valence-corrected chi connectivity index (χ2v) is 10.5. The maximum atomic E-state index is 13.5. The highest BCUT2D eigenvalue weighted by molar-refractivity contribution is 9.10. The van der Waals surface area contributed by atoms with Crippen LogP contribution in [-0.2, 0) is 16.0 Å². The molecule has 0 spiro atoms. The topological polar surface area (TPSA) is 40.6 Å². The van der Waals surface area contributed by atoms with Gasteiger partial charge in [0.25, 0.3) is 11.8 Å². The summed E-state index contributed by atoms with van der Waals surface area (Å²) in [7, 11) is 0. The molecule has 0 radical (unpaired) electrons. The molecule has 2 aliphatic rings. The first-order valence-corrected chi connectivity index (χ1v) is 13.0. The van der Waals surface area contributed by atoms with Crippen LogP contribution < -0.4 is 4.90 Å². The lowest BCUT2D eigenvalue weighted by molar-refractivity contribution is -0.122. The van der Waals surface area contributed by atoms with E-state index in [-0.39, 0.29) is 11.8 Å². The van der Waals surface area contributed by atoms with E-state index in [1.807, 2.05) is 53.4 Å². The van der Waals surface area contributed by atoms with E-state index < -0.39 is 0 Å². The van der Waals surface area contributed by atoms with Crippen LogP contribution in [0.1, 0.15) is 43.7 Å². The third-order valence-corrected chi connectivity index (χ3v) is 7.70. The van der Waals surface area contributed by atoms with Crippen LogP contribution in [0.5, 0.6) is 0 Å². The van der Waals surface area contributed by atoms with Crippen molar-refractivity contribution in [2.45, 2.75) is 39.0 Å². The molecule has 2 heterocycles. The molecule has 4 nitrogen and oxygen atoms in total. The fourth-order valence-electron chi connectivity index (χ4n) is 4.07. The van der Waals surface area contributed by atoms with Gasteiger partial charge in [0.1, 0.15) is 4.32 Å². The van der Waals surface area contributed by atoms with E-state index in [9.17, 15) is 9.59 Å². The average molecular weight is 530 g/mol. The van der Waals surface area contributed by atoms with E-state index in [4.69, 9.17) is 12.2 Å². The number of thiocarbonyl (C=S) groups is 1. The largest absolute Gasteiger partial charge is 0.308 e. The molecule has 4 rings (SSSR count). The van der Waals surface area contributed by atoms with Crippen molar-refractivity contribution in [1.82, 2.24) is 4.90 Å². The molecule has 0 unspecified atom stereocenters. The average Bonchev–Trinajstić information content (AvgIpc) is 3.22. The minimum atomic E-state index is -0.168. The number of rotatable bonds is 8. The molecule has 2 aromatic rings. The van der Waals surface area contributed by atoms with Crippen molar-refractivity contribution in [2.75, 3.05) is 18.0 Å². The van der Waals surface area contributed by atoms with Crippen LogP contribution in [0, 0.1) is 0 Å². The molecule has 1 saturated heterocycles. The SMILES string of the molecule is CCCCCCN1C(=O)/C(=C2\SC(=S)N(CCc3ccccc3)C2=O)c2cc(Br)ccc21. The molecule has 166 valence electrons. The standard InChI is InChI=1S/C25H25BrN2O2S2/c1-2-3-4-8-14-27-20-12-11-18(26)16-19(20)21(23(27)29)22-24(30)28(25(31)32-22)15-13-17-9-6-5-7-10-17/h5-7,9-12,16H,2-4,8,13-15H2,1H3/b22-21-. The van der Waals surface area contributed by atoms with Crippen molar-refractivity contribution in [3.8, 4) is 0 Å². The molecule has 0 bridgehead atoms. The molecule has 0 aliphatic carbocycles. The van der Waals surface area contributed by atoms with Crippen LogP contribution in [0.15, 0.2) is 57.9 Å². The summed E-state index contributed by atoms with van der Waals surface area (Å²) in [4.78, 5) is 30.7. The first-order chi connectivity index (χ1) is 15.5. The molecule has 7 heteroatoms. The summed E-state index contributed by atoms with van der Waals surface area (Å²) in [5.41, 5.74) is 3.32. The minimum Gasteiger partial charge on any atom is -0.308 e. The van der Waals surface area contributed by atoms with Gasteiger partial charge in [-0.25, -0.2) is 0 Å². The number of fused-ring (bicyclic) bond motifs is 1. The number of carbonyl (C=O) groups is 2. The summed E-state index contributed by atoms with van der Waals surface area (Å²) < 4.78 is 1.40. The molecule has 2 aromatic carbocycles. The van der Waals surface area contributed by atoms with Gasteiger partial charge in [-0.3, -0.25) is 14.5 Å². The van der Waals surface area contributed by atoms with Crippen LogP contribution >= 0.6 is 39.9 Å². The molecule has 0 aromatic heterocycles. The number of anilines is 1. The second-order valence-electron chi connectivity index (χ2n) is 7.94. The zero-order valence-corrected chi connectivity index (χ0v) is 21.2. The Labute approximate surface area is 207 Å². The number of thioether (sulfide) groups is 1. The number of nitrogens with zero attached hydrogens (tertiary/aromatic N) is 2. The third-order valence-electron chi connectivity index (χ3n) is 5.76. The van der Waals surface area contributed by atoms with Crippen molar-refractivity contribution in [3.05, 3.63) is 69.0 Å². The van der Waals surface area contributed by atoms with Crippen molar-refractivity contribution in [2.24, 2.45) is 0 Å². The Morgan fingerprint density at radius 1 is 0.938 bits per heavy atom. The predicted octanol–water partition coefficient (Wildman–Crippen LogP) is 6.19. The first-order valence-electron chi connectivity index (χ1n) is 10.9. The summed E-state index contributed by atoms with van der Waals surface area (Å²) >= 11 is 10.3. The van der Waals surface area contributed by atoms with E-state index in [2.05, 4.69) is 22.9 Å². The van der Waals surface area contributed by atoms with Crippen LogP contribution in [0.3, 0.4) is 0 Å². The summed E-state index contributed by atoms with van der Waals surface area (Å²) in [6.07, 6.45) is 5.05. The molecule has 0 atom stereocenters. The molecule has 0 N–H and O–H groups in total. The van der Waals surface area contributed by atoms with Gasteiger partial charge in [0.05, 0.1) is 16.2 Å². The molecule has 2 amide bonds. The number of halogens is 1. The Kier molecular flexibility index (Phi) is 7.48. The summed E-state index contributed by atoms with van der Waals surface area (Å²) in [5, 5.41) is 0. The Balaban J connectivity index is 1.61. The van der Waals surface area contributed by atoms with Crippen molar-refractivity contribution >= 4 is 67.3 Å². The summed E-state index contributed by atoms with van der Waals surface area (Å²) in [6, 6.07) is 15.9. The van der Waals surface area contributed by atoms with Crippen LogP contribution in [0.2, 0.25) is 0 Å². The molecule has 32 heavy (non-hydrogen) atoms. The number of amides is 2. The number of carbonyl (C=O) groups excluding carboxylic acids is 2. The van der Waals surface area contributed by atoms with Gasteiger partial charge in [0.15, 0.2) is 0 Å². The fourth-order valence-corrected chi connectivity index (χ4v) is 5.81. The van der Waals surface area contributed by atoms with Gasteiger partial charge in [-0.05, 0) is 36.6 Å². The fraction of sp³-hybridized carbons (Fsp3) is 0.320. The number of hydrogen-bond donors (Lipinski definition) is 0. The monoisotopic (exact) mass is 528 g/mol. The lowest BCUT2D eigenvalue weighted by atomic mass is 10.1. The van der Waals surface area contributed by atoms with Crippen molar-refractivity contribution < 1.29 is 9.59 Å². The van der Waals surface area contributed by atoms with E-state index in [1.54, 1.807) is 4.90 Å². The highest BCUT2D eigenvalue weighted by Gasteiger charge is 2.41. The normalized spacial score (nSPS) is 18.1. The maximum Gasteiger partial charge on any atom is 0.267 e. The summed E-state index contributed by atoms with van der Waals surface area (Å²) in [5.74, 6) is -0.267. The third kappa shape index (κ3) is 4.70. The highest BCUT2D eigenvalue weighted by atomic mass is 79.9. The van der Waals surface area contributed by atoms with E-state index >= 15 is 0 Å². The Morgan fingerprint density at radius 2 is 1.72 bits per heavy atom. The second kappa shape index (κ2) is 10.3. The smallest absolute Gasteiger partial charge is 0.267 e. The van der Waals surface area contributed by atoms with Gasteiger partial charge in [-0.2, -0.15) is 0 Å². The molecule has 1 fully saturated rings. The zero-order valence-electron chi connectivity index (χ0n) is 18.0. The Bertz CT molecular complexity index is 1080. The van der Waals surface area contributed by atoms with E-state index in [0.29, 0.717) is 27.9 Å². The quantitative estimate of drug-likeness (QED) is 0.232. The van der Waals surface area contributed by atoms with Crippen LogP contribution in [-0.4, -0.2) is 34.1 Å². The molecular formula is C25H25BrN2O2S2. The lowest BCUT2D eigenvalue weighted by Crippen LogP contribution is -2.31. The number of benzene rings is 2. The predicted molar refractivity (Wildman–Crippen MR) is 140 cm³/mol. The van der Waals surface area contributed by atoms with Gasteiger partial charge in [-0.1, -0.05) is 96.4 Å². The molecule has 2 aliphatic heterocycles. The van der Waals surface area contributed by atoms with E-state index in [0.717, 1.165) is 53.4 Å². The van der Waals surface area contributed by atoms with Gasteiger partial charge in [-0.15, -0.1) is 0 Å². The Morgan fingerprint density at radius 3 is 2.47 bits per heavy atom. The van der Waals surface area contributed by atoms with Crippen LogP contribution in [0.4, 0.5) is 5.69 Å². The van der Waals surface area contributed by atoms with Crippen molar-refractivity contribution in [3.63, 3.8) is 0 Å². The maximum absolute atomic E-state index is 13.5. The van der Waals surface area contributed by atoms with Gasteiger partial charge < -0.3 is 4.90 Å². The minimum absolute atomic E-state index is 0.0989. The number of hydrogen-bond acceptors (Lipinski definition) is 4. The lowest BCUT2D eigenvalue weighted by Gasteiger charge is -2.17. The van der Waals surface area contributed by atoms with Gasteiger partial charge >= 0.3 is 0 Å². The highest BCUT2D eigenvalue weighted by Crippen LogP contribution is 2.45. The summed E-state index contributed by atoms with van der Waals surface area (Å²) in [6.45, 7) is 3.34. The van der Waals surface area contributed by atoms with Crippen LogP contribution in [0.25, 0.3) is 5.57 Å². The molecule has 0 saturated carbocycles. The molecular weight excluding hydrogens is 504 g/mol. The zero-order chi connectivity index (χ0) is 22.7. The van der Waals surface area contributed by atoms with Crippen molar-refractivity contribution in [1.29, 1.82) is 0 Å². The first kappa shape index (κ1) is 23.2. The Hall–Kier alpha value is -1.96.